The number of para-hydroxylation sites is 1. The van der Waals surface area contributed by atoms with Gasteiger partial charge in [-0.1, -0.05) is 12.1 Å². The molecule has 0 aliphatic heterocycles. The van der Waals surface area contributed by atoms with Crippen LogP contribution in [0.2, 0.25) is 0 Å². The Bertz CT molecular complexity index is 927. The second-order valence-corrected chi connectivity index (χ2v) is 6.58. The molecule has 0 saturated heterocycles. The Morgan fingerprint density at radius 3 is 2.48 bits per heavy atom. The number of sulfonamides is 1. The fourth-order valence-corrected chi connectivity index (χ4v) is 3.33. The molecule has 0 aliphatic rings. The van der Waals surface area contributed by atoms with Gasteiger partial charge in [-0.25, -0.2) is 8.42 Å². The lowest BCUT2D eigenvalue weighted by molar-refractivity contribution is -0.387. The molecule has 1 amide bonds. The number of carbonyl (C=O) groups excluding carboxylic acids is 1. The van der Waals surface area contributed by atoms with Crippen molar-refractivity contribution in [3.05, 3.63) is 52.6 Å². The predicted octanol–water partition coefficient (Wildman–Crippen LogP) is 2.36. The summed E-state index contributed by atoms with van der Waals surface area (Å²) in [5.74, 6) is -0.0270. The summed E-state index contributed by atoms with van der Waals surface area (Å²) < 4.78 is 32.3. The number of nitrogens with zero attached hydrogens (tertiary/aromatic N) is 1. The van der Waals surface area contributed by atoms with Gasteiger partial charge < -0.3 is 10.1 Å². The lowest BCUT2D eigenvalue weighted by atomic mass is 10.2. The zero-order valence-electron chi connectivity index (χ0n) is 13.3. The van der Waals surface area contributed by atoms with Crippen LogP contribution in [-0.2, 0) is 14.8 Å². The Kier molecular flexibility index (Phi) is 5.22. The van der Waals surface area contributed by atoms with E-state index in [4.69, 9.17) is 4.74 Å². The van der Waals surface area contributed by atoms with Gasteiger partial charge in [0.2, 0.25) is 5.91 Å². The van der Waals surface area contributed by atoms with Crippen LogP contribution in [0, 0.1) is 10.1 Å². The molecule has 10 heteroatoms. The van der Waals surface area contributed by atoms with Crippen molar-refractivity contribution in [2.24, 2.45) is 0 Å². The van der Waals surface area contributed by atoms with Crippen LogP contribution in [0.15, 0.2) is 47.4 Å². The average molecular weight is 365 g/mol. The largest absolute Gasteiger partial charge is 0.495 e. The van der Waals surface area contributed by atoms with Crippen LogP contribution in [0.4, 0.5) is 17.1 Å². The highest BCUT2D eigenvalue weighted by Gasteiger charge is 2.25. The molecular weight excluding hydrogens is 350 g/mol. The lowest BCUT2D eigenvalue weighted by Gasteiger charge is -2.13. The number of nitro groups is 1. The van der Waals surface area contributed by atoms with Crippen molar-refractivity contribution in [2.45, 2.75) is 11.8 Å². The third-order valence-electron chi connectivity index (χ3n) is 3.11. The van der Waals surface area contributed by atoms with Crippen molar-refractivity contribution in [2.75, 3.05) is 17.1 Å². The SMILES string of the molecule is COc1ccc(NS(=O)(=O)c2ccccc2[N+](=O)[O-])cc1NC(C)=O. The van der Waals surface area contributed by atoms with E-state index in [1.807, 2.05) is 0 Å². The van der Waals surface area contributed by atoms with E-state index in [1.165, 1.54) is 44.4 Å². The second kappa shape index (κ2) is 7.18. The van der Waals surface area contributed by atoms with Crippen molar-refractivity contribution < 1.29 is 22.9 Å². The molecule has 0 radical (unpaired) electrons. The number of nitro benzene ring substituents is 1. The van der Waals surface area contributed by atoms with Gasteiger partial charge in [0.05, 0.1) is 23.4 Å². The van der Waals surface area contributed by atoms with Gasteiger partial charge >= 0.3 is 0 Å². The summed E-state index contributed by atoms with van der Waals surface area (Å²) in [7, 11) is -2.80. The number of ether oxygens (including phenoxy) is 1. The number of hydrogen-bond donors (Lipinski definition) is 2. The van der Waals surface area contributed by atoms with Crippen molar-refractivity contribution in [3.8, 4) is 5.75 Å². The maximum atomic E-state index is 12.5. The van der Waals surface area contributed by atoms with Gasteiger partial charge in [0.25, 0.3) is 15.7 Å². The van der Waals surface area contributed by atoms with E-state index >= 15 is 0 Å². The molecule has 2 N–H and O–H groups in total. The molecule has 0 unspecified atom stereocenters. The Hall–Kier alpha value is -3.14. The minimum absolute atomic E-state index is 0.114. The fraction of sp³-hybridized carbons (Fsp3) is 0.133. The Morgan fingerprint density at radius 2 is 1.88 bits per heavy atom. The molecule has 0 saturated carbocycles. The standard InChI is InChI=1S/C15H15N3O6S/c1-10(19)16-12-9-11(7-8-14(12)24-2)17-25(22,23)15-6-4-3-5-13(15)18(20)21/h3-9,17H,1-2H3,(H,16,19). The fourth-order valence-electron chi connectivity index (χ4n) is 2.10. The van der Waals surface area contributed by atoms with E-state index in [9.17, 15) is 23.3 Å². The zero-order chi connectivity index (χ0) is 18.6. The van der Waals surface area contributed by atoms with Gasteiger partial charge in [0.15, 0.2) is 4.90 Å². The quantitative estimate of drug-likeness (QED) is 0.597. The maximum absolute atomic E-state index is 12.5. The molecule has 2 aromatic carbocycles. The van der Waals surface area contributed by atoms with E-state index in [0.717, 1.165) is 12.1 Å². The topological polar surface area (TPSA) is 128 Å². The number of anilines is 2. The first kappa shape index (κ1) is 18.2. The lowest BCUT2D eigenvalue weighted by Crippen LogP contribution is -2.15. The number of nitrogens with one attached hydrogen (secondary N) is 2. The molecule has 2 aromatic rings. The molecule has 0 bridgehead atoms. The highest BCUT2D eigenvalue weighted by molar-refractivity contribution is 7.92. The number of hydrogen-bond acceptors (Lipinski definition) is 6. The third-order valence-corrected chi connectivity index (χ3v) is 4.54. The molecule has 0 heterocycles. The Balaban J connectivity index is 2.42. The molecule has 0 spiro atoms. The molecule has 0 aliphatic carbocycles. The van der Waals surface area contributed by atoms with Crippen LogP contribution in [0.1, 0.15) is 6.92 Å². The van der Waals surface area contributed by atoms with Crippen LogP contribution in [-0.4, -0.2) is 26.4 Å². The maximum Gasteiger partial charge on any atom is 0.289 e. The molecule has 25 heavy (non-hydrogen) atoms. The van der Waals surface area contributed by atoms with Gasteiger partial charge in [-0.15, -0.1) is 0 Å². The van der Waals surface area contributed by atoms with Gasteiger partial charge in [0.1, 0.15) is 5.75 Å². The van der Waals surface area contributed by atoms with Gasteiger partial charge in [-0.05, 0) is 24.3 Å². The number of methoxy groups -OCH3 is 1. The van der Waals surface area contributed by atoms with E-state index in [-0.39, 0.29) is 17.3 Å². The Labute approximate surface area is 143 Å². The normalized spacial score (nSPS) is 10.8. The molecule has 9 nitrogen and oxygen atoms in total. The summed E-state index contributed by atoms with van der Waals surface area (Å²) in [6.45, 7) is 1.30. The van der Waals surface area contributed by atoms with Crippen molar-refractivity contribution in [1.82, 2.24) is 0 Å². The van der Waals surface area contributed by atoms with E-state index in [1.54, 1.807) is 0 Å². The van der Waals surface area contributed by atoms with Crippen molar-refractivity contribution in [1.29, 1.82) is 0 Å². The highest BCUT2D eigenvalue weighted by atomic mass is 32.2. The van der Waals surface area contributed by atoms with Gasteiger partial charge in [0, 0.05) is 13.0 Å². The number of carbonyl (C=O) groups is 1. The van der Waals surface area contributed by atoms with Crippen LogP contribution in [0.25, 0.3) is 0 Å². The third kappa shape index (κ3) is 4.23. The van der Waals surface area contributed by atoms with Crippen molar-refractivity contribution in [3.63, 3.8) is 0 Å². The summed E-state index contributed by atoms with van der Waals surface area (Å²) in [4.78, 5) is 21.0. The number of rotatable bonds is 6. The first-order valence-electron chi connectivity index (χ1n) is 6.96. The van der Waals surface area contributed by atoms with E-state index < -0.39 is 25.5 Å². The number of amides is 1. The minimum atomic E-state index is -4.20. The monoisotopic (exact) mass is 365 g/mol. The molecular formula is C15H15N3O6S. The van der Waals surface area contributed by atoms with E-state index in [2.05, 4.69) is 10.0 Å². The van der Waals surface area contributed by atoms with Crippen LogP contribution < -0.4 is 14.8 Å². The van der Waals surface area contributed by atoms with Crippen molar-refractivity contribution >= 4 is 33.0 Å². The molecule has 2 rings (SSSR count). The Morgan fingerprint density at radius 1 is 1.20 bits per heavy atom. The molecule has 0 fully saturated rings. The first-order chi connectivity index (χ1) is 11.7. The summed E-state index contributed by atoms with van der Waals surface area (Å²) >= 11 is 0. The zero-order valence-corrected chi connectivity index (χ0v) is 14.2. The van der Waals surface area contributed by atoms with Gasteiger partial charge in [-0.3, -0.25) is 19.6 Å². The summed E-state index contributed by atoms with van der Waals surface area (Å²) in [6.07, 6.45) is 0. The second-order valence-electron chi connectivity index (χ2n) is 4.93. The van der Waals surface area contributed by atoms with Crippen LogP contribution >= 0.6 is 0 Å². The molecule has 0 atom stereocenters. The summed E-state index contributed by atoms with van der Waals surface area (Å²) in [5.41, 5.74) is -0.161. The highest BCUT2D eigenvalue weighted by Crippen LogP contribution is 2.30. The summed E-state index contributed by atoms with van der Waals surface area (Å²) in [6, 6.07) is 9.23. The predicted molar refractivity (Wildman–Crippen MR) is 91.2 cm³/mol. The van der Waals surface area contributed by atoms with Gasteiger partial charge in [-0.2, -0.15) is 0 Å². The van der Waals surface area contributed by atoms with Crippen LogP contribution in [0.3, 0.4) is 0 Å². The summed E-state index contributed by atoms with van der Waals surface area (Å²) in [5, 5.41) is 13.5. The van der Waals surface area contributed by atoms with Crippen LogP contribution in [0.5, 0.6) is 5.75 Å². The van der Waals surface area contributed by atoms with E-state index in [0.29, 0.717) is 5.75 Å². The molecule has 132 valence electrons. The smallest absolute Gasteiger partial charge is 0.289 e. The molecule has 0 aromatic heterocycles. The average Bonchev–Trinajstić information content (AvgIpc) is 2.54. The minimum Gasteiger partial charge on any atom is -0.495 e. The first-order valence-corrected chi connectivity index (χ1v) is 8.45. The number of benzene rings is 2.